The number of sulfonamides is 1. The van der Waals surface area contributed by atoms with E-state index in [0.717, 1.165) is 10.6 Å². The van der Waals surface area contributed by atoms with E-state index in [4.69, 9.17) is 0 Å². The number of hydrogen-bond donors (Lipinski definition) is 2. The zero-order valence-corrected chi connectivity index (χ0v) is 17.4. The molecule has 8 heteroatoms. The van der Waals surface area contributed by atoms with Crippen LogP contribution in [-0.2, 0) is 10.0 Å². The maximum atomic E-state index is 12.9. The molecule has 2 amide bonds. The molecule has 0 aliphatic rings. The van der Waals surface area contributed by atoms with E-state index in [1.54, 1.807) is 42.5 Å². The molecule has 7 nitrogen and oxygen atoms in total. The summed E-state index contributed by atoms with van der Waals surface area (Å²) in [4.78, 5) is 25.4. The van der Waals surface area contributed by atoms with Crippen molar-refractivity contribution in [2.75, 3.05) is 22.9 Å². The normalized spacial score (nSPS) is 11.6. The van der Waals surface area contributed by atoms with Gasteiger partial charge in [-0.3, -0.25) is 13.9 Å². The van der Waals surface area contributed by atoms with E-state index in [9.17, 15) is 18.0 Å². The number of carbonyl (C=O) groups is 2. The van der Waals surface area contributed by atoms with Crippen LogP contribution in [0.4, 0.5) is 11.4 Å². The Kier molecular flexibility index (Phi) is 6.14. The predicted octanol–water partition coefficient (Wildman–Crippen LogP) is 2.86. The molecule has 0 heterocycles. The highest BCUT2D eigenvalue weighted by atomic mass is 32.2. The molecule has 2 aromatic carbocycles. The Morgan fingerprint density at radius 2 is 1.43 bits per heavy atom. The van der Waals surface area contributed by atoms with Crippen molar-refractivity contribution in [3.8, 4) is 0 Å². The zero-order valence-electron chi connectivity index (χ0n) is 16.6. The van der Waals surface area contributed by atoms with Crippen LogP contribution in [0.5, 0.6) is 0 Å². The number of para-hydroxylation sites is 2. The van der Waals surface area contributed by atoms with Gasteiger partial charge in [0.25, 0.3) is 11.8 Å². The van der Waals surface area contributed by atoms with Crippen molar-refractivity contribution in [3.05, 3.63) is 59.7 Å². The molecule has 2 aromatic rings. The maximum absolute atomic E-state index is 12.9. The second-order valence-electron chi connectivity index (χ2n) is 7.45. The Balaban J connectivity index is 2.37. The van der Waals surface area contributed by atoms with Gasteiger partial charge >= 0.3 is 0 Å². The molecule has 0 radical (unpaired) electrons. The van der Waals surface area contributed by atoms with E-state index < -0.39 is 21.5 Å². The first-order valence-corrected chi connectivity index (χ1v) is 10.5. The van der Waals surface area contributed by atoms with Gasteiger partial charge in [-0.25, -0.2) is 8.42 Å². The van der Waals surface area contributed by atoms with Gasteiger partial charge in [0, 0.05) is 12.6 Å². The van der Waals surface area contributed by atoms with Crippen molar-refractivity contribution in [2.24, 2.45) is 0 Å². The average Bonchev–Trinajstić information content (AvgIpc) is 2.59. The number of rotatable bonds is 5. The summed E-state index contributed by atoms with van der Waals surface area (Å²) in [6.07, 6.45) is 1.06. The first kappa shape index (κ1) is 21.4. The number of benzene rings is 2. The summed E-state index contributed by atoms with van der Waals surface area (Å²) < 4.78 is 24.8. The van der Waals surface area contributed by atoms with Gasteiger partial charge < -0.3 is 10.6 Å². The number of nitrogens with zero attached hydrogens (tertiary/aromatic N) is 1. The smallest absolute Gasteiger partial charge is 0.257 e. The fraction of sp³-hybridized carbons (Fsp3) is 0.300. The lowest BCUT2D eigenvalue weighted by Gasteiger charge is -2.22. The fourth-order valence-corrected chi connectivity index (χ4v) is 3.02. The molecule has 0 atom stereocenters. The van der Waals surface area contributed by atoms with E-state index >= 15 is 0 Å². The molecule has 150 valence electrons. The molecule has 2 rings (SSSR count). The highest BCUT2D eigenvalue weighted by molar-refractivity contribution is 7.92. The van der Waals surface area contributed by atoms with Gasteiger partial charge in [-0.2, -0.15) is 0 Å². The van der Waals surface area contributed by atoms with Crippen LogP contribution in [0.2, 0.25) is 0 Å². The quantitative estimate of drug-likeness (QED) is 0.802. The highest BCUT2D eigenvalue weighted by Crippen LogP contribution is 2.24. The van der Waals surface area contributed by atoms with Crippen molar-refractivity contribution in [2.45, 2.75) is 26.3 Å². The van der Waals surface area contributed by atoms with Gasteiger partial charge in [-0.05, 0) is 45.0 Å². The molecule has 0 saturated carbocycles. The third-order valence-corrected chi connectivity index (χ3v) is 5.09. The Morgan fingerprint density at radius 1 is 0.893 bits per heavy atom. The second-order valence-corrected chi connectivity index (χ2v) is 9.47. The minimum absolute atomic E-state index is 0.182. The molecule has 0 aliphatic carbocycles. The first-order valence-electron chi connectivity index (χ1n) is 8.66. The Hall–Kier alpha value is -2.87. The lowest BCUT2D eigenvalue weighted by atomic mass is 10.1. The maximum Gasteiger partial charge on any atom is 0.257 e. The van der Waals surface area contributed by atoms with E-state index in [1.807, 2.05) is 20.8 Å². The van der Waals surface area contributed by atoms with E-state index in [0.29, 0.717) is 11.3 Å². The van der Waals surface area contributed by atoms with Crippen molar-refractivity contribution < 1.29 is 18.0 Å². The zero-order chi connectivity index (χ0) is 21.1. The van der Waals surface area contributed by atoms with Crippen LogP contribution >= 0.6 is 0 Å². The highest BCUT2D eigenvalue weighted by Gasteiger charge is 2.22. The second kappa shape index (κ2) is 8.02. The summed E-state index contributed by atoms with van der Waals surface area (Å²) in [5, 5.41) is 5.58. The number of amides is 2. The molecular formula is C20H25N3O4S. The van der Waals surface area contributed by atoms with E-state index in [2.05, 4.69) is 10.6 Å². The minimum Gasteiger partial charge on any atom is -0.347 e. The topological polar surface area (TPSA) is 95.6 Å². The SMILES string of the molecule is CN(c1ccccc1C(=O)Nc1ccccc1C(=O)NC(C)(C)C)S(C)(=O)=O. The van der Waals surface area contributed by atoms with Crippen LogP contribution in [0, 0.1) is 0 Å². The Morgan fingerprint density at radius 3 is 2.00 bits per heavy atom. The van der Waals surface area contributed by atoms with E-state index in [1.165, 1.54) is 13.1 Å². The number of carbonyl (C=O) groups excluding carboxylic acids is 2. The fourth-order valence-electron chi connectivity index (χ4n) is 2.51. The number of hydrogen-bond acceptors (Lipinski definition) is 4. The van der Waals surface area contributed by atoms with Crippen LogP contribution in [0.25, 0.3) is 0 Å². The number of anilines is 2. The minimum atomic E-state index is -3.54. The Labute approximate surface area is 165 Å². The molecule has 2 N–H and O–H groups in total. The molecule has 0 spiro atoms. The van der Waals surface area contributed by atoms with Crippen LogP contribution in [0.15, 0.2) is 48.5 Å². The molecule has 0 aliphatic heterocycles. The van der Waals surface area contributed by atoms with Gasteiger partial charge in [0.2, 0.25) is 10.0 Å². The summed E-state index contributed by atoms with van der Waals surface area (Å²) in [5.41, 5.74) is 0.658. The van der Waals surface area contributed by atoms with Gasteiger partial charge in [-0.1, -0.05) is 24.3 Å². The monoisotopic (exact) mass is 403 g/mol. The lowest BCUT2D eigenvalue weighted by Crippen LogP contribution is -2.40. The summed E-state index contributed by atoms with van der Waals surface area (Å²) in [5.74, 6) is -0.827. The molecule has 0 unspecified atom stereocenters. The molecule has 28 heavy (non-hydrogen) atoms. The summed E-state index contributed by atoms with van der Waals surface area (Å²) in [6.45, 7) is 5.59. The lowest BCUT2D eigenvalue weighted by molar-refractivity contribution is 0.0920. The van der Waals surface area contributed by atoms with Crippen LogP contribution in [0.1, 0.15) is 41.5 Å². The molecular weight excluding hydrogens is 378 g/mol. The molecule has 0 aromatic heterocycles. The van der Waals surface area contributed by atoms with Crippen LogP contribution in [-0.4, -0.2) is 39.1 Å². The van der Waals surface area contributed by atoms with Crippen molar-refractivity contribution >= 4 is 33.2 Å². The molecule has 0 fully saturated rings. The molecule has 0 bridgehead atoms. The van der Waals surface area contributed by atoms with Gasteiger partial charge in [0.05, 0.1) is 28.8 Å². The summed E-state index contributed by atoms with van der Waals surface area (Å²) in [6, 6.07) is 13.0. The predicted molar refractivity (Wildman–Crippen MR) is 111 cm³/mol. The van der Waals surface area contributed by atoms with Crippen molar-refractivity contribution in [1.29, 1.82) is 0 Å². The third kappa shape index (κ3) is 5.32. The standard InChI is InChI=1S/C20H25N3O4S/c1-20(2,3)22-19(25)14-10-6-8-12-16(14)21-18(24)15-11-7-9-13-17(15)23(4)28(5,26)27/h6-13H,1-5H3,(H,21,24)(H,22,25). The van der Waals surface area contributed by atoms with Crippen LogP contribution < -0.4 is 14.9 Å². The van der Waals surface area contributed by atoms with Gasteiger partial charge in [0.1, 0.15) is 0 Å². The molecule has 0 saturated heterocycles. The number of nitrogens with one attached hydrogen (secondary N) is 2. The Bertz CT molecular complexity index is 995. The summed E-state index contributed by atoms with van der Waals surface area (Å²) >= 11 is 0. The van der Waals surface area contributed by atoms with Crippen LogP contribution in [0.3, 0.4) is 0 Å². The van der Waals surface area contributed by atoms with E-state index in [-0.39, 0.29) is 17.2 Å². The summed E-state index contributed by atoms with van der Waals surface area (Å²) in [7, 11) is -2.16. The van der Waals surface area contributed by atoms with Crippen molar-refractivity contribution in [3.63, 3.8) is 0 Å². The largest absolute Gasteiger partial charge is 0.347 e. The first-order chi connectivity index (χ1) is 12.9. The van der Waals surface area contributed by atoms with Gasteiger partial charge in [0.15, 0.2) is 0 Å². The average molecular weight is 404 g/mol. The van der Waals surface area contributed by atoms with Gasteiger partial charge in [-0.15, -0.1) is 0 Å². The van der Waals surface area contributed by atoms with Crippen molar-refractivity contribution in [1.82, 2.24) is 5.32 Å². The third-order valence-electron chi connectivity index (χ3n) is 3.89.